The molecule has 20 heavy (non-hydrogen) atoms. The molecule has 1 aromatic heterocycles. The number of nitrogens with zero attached hydrogens (tertiary/aromatic N) is 1. The third-order valence-corrected chi connectivity index (χ3v) is 4.41. The average Bonchev–Trinajstić information content (AvgIpc) is 2.87. The molecule has 0 atom stereocenters. The van der Waals surface area contributed by atoms with Crippen LogP contribution in [-0.2, 0) is 16.6 Å². The molecule has 0 saturated heterocycles. The molecule has 0 spiro atoms. The highest BCUT2D eigenvalue weighted by Gasteiger charge is 2.29. The van der Waals surface area contributed by atoms with E-state index in [0.29, 0.717) is 5.69 Å². The van der Waals surface area contributed by atoms with Crippen molar-refractivity contribution in [2.45, 2.75) is 25.7 Å². The van der Waals surface area contributed by atoms with Crippen molar-refractivity contribution in [3.05, 3.63) is 45.9 Å². The number of carboxylic acid groups (broad SMARTS) is 1. The van der Waals surface area contributed by atoms with Gasteiger partial charge in [0.15, 0.2) is 0 Å². The summed E-state index contributed by atoms with van der Waals surface area (Å²) in [5.41, 5.74) is 1.31. The molecule has 2 aromatic rings. The highest BCUT2D eigenvalue weighted by Crippen LogP contribution is 2.38. The maximum Gasteiger partial charge on any atom is 0.309 e. The summed E-state index contributed by atoms with van der Waals surface area (Å²) >= 11 is 1.48. The van der Waals surface area contributed by atoms with Crippen molar-refractivity contribution in [2.24, 2.45) is 0 Å². The Morgan fingerprint density at radius 3 is 2.75 bits per heavy atom. The summed E-state index contributed by atoms with van der Waals surface area (Å²) in [7, 11) is 1.65. The van der Waals surface area contributed by atoms with Crippen LogP contribution >= 0.6 is 11.3 Å². The fraction of sp³-hybridized carbons (Fsp3) is 0.333. The zero-order chi connectivity index (χ0) is 14.8. The number of rotatable bonds is 5. The van der Waals surface area contributed by atoms with Gasteiger partial charge in [0.1, 0.15) is 10.8 Å². The van der Waals surface area contributed by atoms with Gasteiger partial charge in [-0.15, -0.1) is 11.3 Å². The van der Waals surface area contributed by atoms with Gasteiger partial charge in [0.05, 0.1) is 19.2 Å². The first kappa shape index (κ1) is 14.5. The van der Waals surface area contributed by atoms with Crippen molar-refractivity contribution >= 4 is 17.3 Å². The van der Waals surface area contributed by atoms with Crippen LogP contribution in [-0.4, -0.2) is 23.2 Å². The predicted molar refractivity (Wildman–Crippen MR) is 78.6 cm³/mol. The van der Waals surface area contributed by atoms with Crippen molar-refractivity contribution in [1.29, 1.82) is 0 Å². The minimum Gasteiger partial charge on any atom is -0.496 e. The third-order valence-electron chi connectivity index (χ3n) is 3.20. The van der Waals surface area contributed by atoms with E-state index in [1.807, 2.05) is 24.3 Å². The van der Waals surface area contributed by atoms with Crippen molar-refractivity contribution in [3.8, 4) is 5.75 Å². The van der Waals surface area contributed by atoms with Gasteiger partial charge in [0, 0.05) is 16.4 Å². The Morgan fingerprint density at radius 2 is 2.10 bits per heavy atom. The molecule has 0 amide bonds. The van der Waals surface area contributed by atoms with Crippen LogP contribution in [0.5, 0.6) is 5.75 Å². The van der Waals surface area contributed by atoms with Crippen molar-refractivity contribution in [1.82, 2.24) is 4.98 Å². The van der Waals surface area contributed by atoms with Crippen LogP contribution in [0.3, 0.4) is 0 Å². The van der Waals surface area contributed by atoms with Crippen molar-refractivity contribution in [3.63, 3.8) is 0 Å². The highest BCUT2D eigenvalue weighted by molar-refractivity contribution is 7.09. The third kappa shape index (κ3) is 2.82. The van der Waals surface area contributed by atoms with Crippen LogP contribution in [0.4, 0.5) is 0 Å². The molecule has 0 bridgehead atoms. The Bertz CT molecular complexity index is 619. The van der Waals surface area contributed by atoms with Gasteiger partial charge in [-0.05, 0) is 19.9 Å². The predicted octanol–water partition coefficient (Wildman–Crippen LogP) is 3.10. The Labute approximate surface area is 122 Å². The first-order valence-corrected chi connectivity index (χ1v) is 7.13. The molecule has 0 saturated carbocycles. The molecule has 0 radical (unpaired) electrons. The summed E-state index contributed by atoms with van der Waals surface area (Å²) in [5, 5.41) is 11.5. The number of carboxylic acids is 1. The van der Waals surface area contributed by atoms with Crippen LogP contribution < -0.4 is 4.74 Å². The van der Waals surface area contributed by atoms with Gasteiger partial charge >= 0.3 is 5.97 Å². The van der Waals surface area contributed by atoms with E-state index in [0.717, 1.165) is 16.3 Å². The second-order valence-electron chi connectivity index (χ2n) is 5.04. The lowest BCUT2D eigenvalue weighted by molar-refractivity contribution is -0.136. The summed E-state index contributed by atoms with van der Waals surface area (Å²) in [4.78, 5) is 15.2. The van der Waals surface area contributed by atoms with Crippen LogP contribution in [0.15, 0.2) is 29.6 Å². The maximum atomic E-state index is 10.7. The number of thiazole rings is 1. The Hall–Kier alpha value is -1.88. The van der Waals surface area contributed by atoms with Crippen LogP contribution in [0.1, 0.15) is 30.1 Å². The second-order valence-corrected chi connectivity index (χ2v) is 5.90. The monoisotopic (exact) mass is 291 g/mol. The van der Waals surface area contributed by atoms with Crippen LogP contribution in [0.25, 0.3) is 0 Å². The van der Waals surface area contributed by atoms with Gasteiger partial charge in [-0.2, -0.15) is 0 Å². The fourth-order valence-electron chi connectivity index (χ4n) is 2.11. The lowest BCUT2D eigenvalue weighted by atomic mass is 9.84. The van der Waals surface area contributed by atoms with Crippen LogP contribution in [0.2, 0.25) is 0 Å². The van der Waals surface area contributed by atoms with E-state index in [4.69, 9.17) is 9.84 Å². The Kier molecular flexibility index (Phi) is 4.09. The lowest BCUT2D eigenvalue weighted by Crippen LogP contribution is -2.20. The second kappa shape index (κ2) is 5.63. The number of aliphatic carboxylic acids is 1. The molecular formula is C15H17NO3S. The van der Waals surface area contributed by atoms with Crippen molar-refractivity contribution in [2.75, 3.05) is 7.11 Å². The SMILES string of the molecule is COc1ccccc1C(C)(C)c1nc(CC(=O)O)cs1. The zero-order valence-electron chi connectivity index (χ0n) is 11.7. The minimum absolute atomic E-state index is 0.0432. The molecule has 0 fully saturated rings. The fourth-order valence-corrected chi connectivity index (χ4v) is 3.06. The topological polar surface area (TPSA) is 59.4 Å². The van der Waals surface area contributed by atoms with E-state index in [9.17, 15) is 4.79 Å². The molecule has 0 aliphatic rings. The Morgan fingerprint density at radius 1 is 1.40 bits per heavy atom. The number of carbonyl (C=O) groups is 1. The first-order chi connectivity index (χ1) is 9.45. The molecule has 0 unspecified atom stereocenters. The normalized spacial score (nSPS) is 11.3. The number of para-hydroxylation sites is 1. The van der Waals surface area contributed by atoms with Gasteiger partial charge in [-0.3, -0.25) is 4.79 Å². The average molecular weight is 291 g/mol. The molecule has 1 N–H and O–H groups in total. The Balaban J connectivity index is 2.38. The molecule has 5 heteroatoms. The summed E-state index contributed by atoms with van der Waals surface area (Å²) in [5.74, 6) is -0.0515. The summed E-state index contributed by atoms with van der Waals surface area (Å²) in [6, 6.07) is 7.82. The first-order valence-electron chi connectivity index (χ1n) is 6.25. The highest BCUT2D eigenvalue weighted by atomic mass is 32.1. The molecule has 1 heterocycles. The molecule has 106 valence electrons. The van der Waals surface area contributed by atoms with Gasteiger partial charge in [-0.1, -0.05) is 18.2 Å². The number of hydrogen-bond donors (Lipinski definition) is 1. The quantitative estimate of drug-likeness (QED) is 0.919. The smallest absolute Gasteiger partial charge is 0.309 e. The lowest BCUT2D eigenvalue weighted by Gasteiger charge is -2.24. The van der Waals surface area contributed by atoms with E-state index in [-0.39, 0.29) is 11.8 Å². The van der Waals surface area contributed by atoms with Crippen LogP contribution in [0, 0.1) is 0 Å². The maximum absolute atomic E-state index is 10.7. The van der Waals surface area contributed by atoms with Gasteiger partial charge in [0.25, 0.3) is 0 Å². The number of benzene rings is 1. The number of ether oxygens (including phenoxy) is 1. The minimum atomic E-state index is -0.864. The van der Waals surface area contributed by atoms with Gasteiger partial charge in [0.2, 0.25) is 0 Å². The largest absolute Gasteiger partial charge is 0.496 e. The number of aromatic nitrogens is 1. The molecule has 2 rings (SSSR count). The molecule has 4 nitrogen and oxygen atoms in total. The summed E-state index contributed by atoms with van der Waals surface area (Å²) < 4.78 is 5.41. The molecular weight excluding hydrogens is 274 g/mol. The zero-order valence-corrected chi connectivity index (χ0v) is 12.5. The van der Waals surface area contributed by atoms with E-state index < -0.39 is 5.97 Å². The van der Waals surface area contributed by atoms with E-state index in [1.54, 1.807) is 12.5 Å². The standard InChI is InChI=1S/C15H17NO3S/c1-15(2,11-6-4-5-7-12(11)19-3)14-16-10(9-20-14)8-13(17)18/h4-7,9H,8H2,1-3H3,(H,17,18). The summed E-state index contributed by atoms with van der Waals surface area (Å²) in [6.07, 6.45) is -0.0432. The molecule has 0 aliphatic carbocycles. The summed E-state index contributed by atoms with van der Waals surface area (Å²) in [6.45, 7) is 4.13. The number of hydrogen-bond acceptors (Lipinski definition) is 4. The van der Waals surface area contributed by atoms with Gasteiger partial charge in [-0.25, -0.2) is 4.98 Å². The van der Waals surface area contributed by atoms with E-state index in [2.05, 4.69) is 18.8 Å². The van der Waals surface area contributed by atoms with Gasteiger partial charge < -0.3 is 9.84 Å². The molecule has 1 aromatic carbocycles. The molecule has 0 aliphatic heterocycles. The van der Waals surface area contributed by atoms with Crippen molar-refractivity contribution < 1.29 is 14.6 Å². The van der Waals surface area contributed by atoms with E-state index >= 15 is 0 Å². The number of methoxy groups -OCH3 is 1. The van der Waals surface area contributed by atoms with E-state index in [1.165, 1.54) is 11.3 Å².